The van der Waals surface area contributed by atoms with Gasteiger partial charge in [0.25, 0.3) is 5.91 Å². The van der Waals surface area contributed by atoms with Crippen LogP contribution < -0.4 is 10.6 Å². The minimum absolute atomic E-state index is 0.0530. The second kappa shape index (κ2) is 8.04. The molecule has 2 amide bonds. The highest BCUT2D eigenvalue weighted by atomic mass is 32.1. The summed E-state index contributed by atoms with van der Waals surface area (Å²) < 4.78 is 0. The third-order valence-electron chi connectivity index (χ3n) is 3.43. The monoisotopic (exact) mass is 371 g/mol. The zero-order valence-electron chi connectivity index (χ0n) is 13.6. The quantitative estimate of drug-likeness (QED) is 0.677. The maximum absolute atomic E-state index is 12.0. The van der Waals surface area contributed by atoms with Crippen molar-refractivity contribution in [1.29, 1.82) is 0 Å². The van der Waals surface area contributed by atoms with Gasteiger partial charge in [0.2, 0.25) is 5.91 Å². The van der Waals surface area contributed by atoms with Crippen LogP contribution in [0.5, 0.6) is 0 Å². The third kappa shape index (κ3) is 4.98. The average molecular weight is 371 g/mol. The number of carbonyl (C=O) groups is 2. The van der Waals surface area contributed by atoms with Crippen molar-refractivity contribution >= 4 is 45.3 Å². The van der Waals surface area contributed by atoms with E-state index in [1.165, 1.54) is 22.7 Å². The molecule has 0 atom stereocenters. The van der Waals surface area contributed by atoms with Crippen LogP contribution in [0, 0.1) is 6.92 Å². The average Bonchev–Trinajstić information content (AvgIpc) is 3.25. The molecule has 1 aromatic carbocycles. The van der Waals surface area contributed by atoms with Crippen LogP contribution in [0.4, 0.5) is 10.8 Å². The lowest BCUT2D eigenvalue weighted by molar-refractivity contribution is -0.116. The fraction of sp³-hybridized carbons (Fsp3) is 0.167. The summed E-state index contributed by atoms with van der Waals surface area (Å²) >= 11 is 2.75. The number of aryl methyl sites for hydroxylation is 2. The van der Waals surface area contributed by atoms with Crippen molar-refractivity contribution < 1.29 is 9.59 Å². The molecule has 5 nitrogen and oxygen atoms in total. The van der Waals surface area contributed by atoms with Crippen LogP contribution in [0.3, 0.4) is 0 Å². The van der Waals surface area contributed by atoms with Gasteiger partial charge in [-0.2, -0.15) is 0 Å². The van der Waals surface area contributed by atoms with Gasteiger partial charge in [-0.1, -0.05) is 18.2 Å². The molecule has 0 saturated carbocycles. The lowest BCUT2D eigenvalue weighted by Gasteiger charge is -2.05. The molecule has 0 aliphatic carbocycles. The summed E-state index contributed by atoms with van der Waals surface area (Å²) in [4.78, 5) is 29.0. The van der Waals surface area contributed by atoms with E-state index in [0.717, 1.165) is 16.9 Å². The molecule has 0 bridgehead atoms. The standard InChI is InChI=1S/C18H17N3O2S2/c1-12-4-2-5-13(10-12)19-16(22)8-7-14-11-25-18(20-14)21-17(23)15-6-3-9-24-15/h2-6,9-11H,7-8H2,1H3,(H,19,22)(H,20,21,23). The number of thiazole rings is 1. The molecule has 2 heterocycles. The first-order chi connectivity index (χ1) is 12.1. The van der Waals surface area contributed by atoms with E-state index in [-0.39, 0.29) is 11.8 Å². The van der Waals surface area contributed by atoms with Crippen molar-refractivity contribution in [2.45, 2.75) is 19.8 Å². The van der Waals surface area contributed by atoms with E-state index in [9.17, 15) is 9.59 Å². The molecule has 0 radical (unpaired) electrons. The van der Waals surface area contributed by atoms with E-state index in [0.29, 0.717) is 22.9 Å². The number of amides is 2. The number of hydrogen-bond acceptors (Lipinski definition) is 5. The molecular weight excluding hydrogens is 354 g/mol. The minimum Gasteiger partial charge on any atom is -0.326 e. The van der Waals surface area contributed by atoms with E-state index >= 15 is 0 Å². The second-order valence-electron chi connectivity index (χ2n) is 5.49. The number of hydrogen-bond donors (Lipinski definition) is 2. The molecule has 0 spiro atoms. The Hall–Kier alpha value is -2.51. The first-order valence-corrected chi connectivity index (χ1v) is 9.52. The molecular formula is C18H17N3O2S2. The lowest BCUT2D eigenvalue weighted by Crippen LogP contribution is -2.12. The van der Waals surface area contributed by atoms with Gasteiger partial charge in [0.05, 0.1) is 10.6 Å². The number of nitrogens with zero attached hydrogens (tertiary/aromatic N) is 1. The Bertz CT molecular complexity index is 872. The molecule has 7 heteroatoms. The number of benzene rings is 1. The first kappa shape index (κ1) is 17.3. The van der Waals surface area contributed by atoms with E-state index in [2.05, 4.69) is 15.6 Å². The molecule has 3 rings (SSSR count). The van der Waals surface area contributed by atoms with E-state index < -0.39 is 0 Å². The maximum Gasteiger partial charge on any atom is 0.267 e. The van der Waals surface area contributed by atoms with Gasteiger partial charge in [-0.25, -0.2) is 4.98 Å². The zero-order chi connectivity index (χ0) is 17.6. The second-order valence-corrected chi connectivity index (χ2v) is 7.30. The Morgan fingerprint density at radius 1 is 1.12 bits per heavy atom. The van der Waals surface area contributed by atoms with Crippen molar-refractivity contribution in [2.75, 3.05) is 10.6 Å². The van der Waals surface area contributed by atoms with E-state index in [4.69, 9.17) is 0 Å². The highest BCUT2D eigenvalue weighted by molar-refractivity contribution is 7.14. The van der Waals surface area contributed by atoms with Crippen LogP contribution >= 0.6 is 22.7 Å². The Morgan fingerprint density at radius 3 is 2.76 bits per heavy atom. The smallest absolute Gasteiger partial charge is 0.267 e. The van der Waals surface area contributed by atoms with Crippen molar-refractivity contribution in [2.24, 2.45) is 0 Å². The summed E-state index contributed by atoms with van der Waals surface area (Å²) in [5.74, 6) is -0.212. The van der Waals surface area contributed by atoms with Gasteiger partial charge in [-0.3, -0.25) is 14.9 Å². The predicted molar refractivity (Wildman–Crippen MR) is 103 cm³/mol. The van der Waals surface area contributed by atoms with Crippen LogP contribution in [0.25, 0.3) is 0 Å². The van der Waals surface area contributed by atoms with Crippen LogP contribution in [0.1, 0.15) is 27.3 Å². The summed E-state index contributed by atoms with van der Waals surface area (Å²) in [6.07, 6.45) is 0.874. The van der Waals surface area contributed by atoms with Gasteiger partial charge in [-0.15, -0.1) is 22.7 Å². The molecule has 2 aromatic heterocycles. The summed E-state index contributed by atoms with van der Waals surface area (Å²) in [5.41, 5.74) is 2.70. The Labute approximate surface area is 153 Å². The Kier molecular flexibility index (Phi) is 5.57. The summed E-state index contributed by atoms with van der Waals surface area (Å²) in [7, 11) is 0. The normalized spacial score (nSPS) is 10.4. The van der Waals surface area contributed by atoms with Gasteiger partial charge in [0, 0.05) is 17.5 Å². The van der Waals surface area contributed by atoms with Crippen LogP contribution in [0.15, 0.2) is 47.2 Å². The molecule has 0 aliphatic rings. The van der Waals surface area contributed by atoms with Crippen LogP contribution in [0.2, 0.25) is 0 Å². The van der Waals surface area contributed by atoms with Gasteiger partial charge < -0.3 is 5.32 Å². The van der Waals surface area contributed by atoms with Crippen LogP contribution in [-0.4, -0.2) is 16.8 Å². The molecule has 0 unspecified atom stereocenters. The lowest BCUT2D eigenvalue weighted by atomic mass is 10.2. The molecule has 0 fully saturated rings. The Morgan fingerprint density at radius 2 is 2.00 bits per heavy atom. The minimum atomic E-state index is -0.159. The SMILES string of the molecule is Cc1cccc(NC(=O)CCc2csc(NC(=O)c3cccs3)n2)c1. The first-order valence-electron chi connectivity index (χ1n) is 7.76. The van der Waals surface area contributed by atoms with E-state index in [1.807, 2.05) is 48.0 Å². The highest BCUT2D eigenvalue weighted by Crippen LogP contribution is 2.19. The number of rotatable bonds is 6. The van der Waals surface area contributed by atoms with Gasteiger partial charge >= 0.3 is 0 Å². The summed E-state index contributed by atoms with van der Waals surface area (Å²) in [6, 6.07) is 11.3. The van der Waals surface area contributed by atoms with Gasteiger partial charge in [0.15, 0.2) is 5.13 Å². The molecule has 0 aliphatic heterocycles. The van der Waals surface area contributed by atoms with E-state index in [1.54, 1.807) is 6.07 Å². The largest absolute Gasteiger partial charge is 0.326 e. The Balaban J connectivity index is 1.50. The van der Waals surface area contributed by atoms with Crippen LogP contribution in [-0.2, 0) is 11.2 Å². The predicted octanol–water partition coefficient (Wildman–Crippen LogP) is 4.34. The summed E-state index contributed by atoms with van der Waals surface area (Å²) in [6.45, 7) is 1.98. The fourth-order valence-corrected chi connectivity index (χ4v) is 3.59. The van der Waals surface area contributed by atoms with Crippen molar-refractivity contribution in [1.82, 2.24) is 4.98 Å². The maximum atomic E-state index is 12.0. The number of aromatic nitrogens is 1. The van der Waals surface area contributed by atoms with Gasteiger partial charge in [-0.05, 0) is 42.5 Å². The van der Waals surface area contributed by atoms with Gasteiger partial charge in [0.1, 0.15) is 0 Å². The molecule has 3 aromatic rings. The highest BCUT2D eigenvalue weighted by Gasteiger charge is 2.11. The number of anilines is 2. The molecule has 0 saturated heterocycles. The molecule has 2 N–H and O–H groups in total. The number of carbonyl (C=O) groups excluding carboxylic acids is 2. The van der Waals surface area contributed by atoms with Crippen molar-refractivity contribution in [3.63, 3.8) is 0 Å². The zero-order valence-corrected chi connectivity index (χ0v) is 15.2. The topological polar surface area (TPSA) is 71.1 Å². The fourth-order valence-electron chi connectivity index (χ4n) is 2.23. The summed E-state index contributed by atoms with van der Waals surface area (Å²) in [5, 5.41) is 9.93. The number of thiophene rings is 1. The van der Waals surface area contributed by atoms with Crippen molar-refractivity contribution in [3.05, 3.63) is 63.3 Å². The molecule has 128 valence electrons. The third-order valence-corrected chi connectivity index (χ3v) is 5.10. The molecule has 25 heavy (non-hydrogen) atoms. The number of nitrogens with one attached hydrogen (secondary N) is 2. The van der Waals surface area contributed by atoms with Crippen molar-refractivity contribution in [3.8, 4) is 0 Å².